The van der Waals surface area contributed by atoms with Gasteiger partial charge in [-0.05, 0) is 36.8 Å². The Morgan fingerprint density at radius 3 is 2.70 bits per heavy atom. The van der Waals surface area contributed by atoms with E-state index in [1.165, 1.54) is 12.1 Å². The molecule has 3 aromatic rings. The first-order chi connectivity index (χ1) is 13.0. The van der Waals surface area contributed by atoms with Gasteiger partial charge in [0.05, 0.1) is 12.2 Å². The Hall–Kier alpha value is -3.35. The Morgan fingerprint density at radius 2 is 1.96 bits per heavy atom. The largest absolute Gasteiger partial charge is 0.504 e. The number of para-hydroxylation sites is 1. The summed E-state index contributed by atoms with van der Waals surface area (Å²) in [5.74, 6) is -0.980. The zero-order valence-electron chi connectivity index (χ0n) is 14.9. The molecule has 7 nitrogen and oxygen atoms in total. The second-order valence-electron chi connectivity index (χ2n) is 6.10. The number of phenols is 2. The van der Waals surface area contributed by atoms with E-state index in [1.54, 1.807) is 30.3 Å². The van der Waals surface area contributed by atoms with Crippen LogP contribution in [-0.2, 0) is 0 Å². The summed E-state index contributed by atoms with van der Waals surface area (Å²) < 4.78 is 11.0. The lowest BCUT2D eigenvalue weighted by atomic mass is 10.2. The molecule has 3 N–H and O–H groups in total. The van der Waals surface area contributed by atoms with Gasteiger partial charge in [-0.15, -0.1) is 0 Å². The number of carboxylic acids is 1. The first-order valence-electron chi connectivity index (χ1n) is 8.65. The molecule has 0 spiro atoms. The minimum Gasteiger partial charge on any atom is -0.504 e. The fourth-order valence-electron chi connectivity index (χ4n) is 2.88. The number of aromatic hydroxyl groups is 2. The van der Waals surface area contributed by atoms with E-state index in [2.05, 4.69) is 0 Å². The lowest BCUT2D eigenvalue weighted by molar-refractivity contribution is 0.0665. The fourth-order valence-corrected chi connectivity index (χ4v) is 2.88. The summed E-state index contributed by atoms with van der Waals surface area (Å²) in [6.07, 6.45) is 0.866. The van der Waals surface area contributed by atoms with E-state index in [1.807, 2.05) is 11.8 Å². The number of furan rings is 1. The van der Waals surface area contributed by atoms with Gasteiger partial charge in [0.15, 0.2) is 11.5 Å². The van der Waals surface area contributed by atoms with Crippen LogP contribution in [0.3, 0.4) is 0 Å². The van der Waals surface area contributed by atoms with Gasteiger partial charge in [-0.25, -0.2) is 4.79 Å². The first-order valence-corrected chi connectivity index (χ1v) is 8.65. The second-order valence-corrected chi connectivity index (χ2v) is 6.10. The van der Waals surface area contributed by atoms with E-state index in [9.17, 15) is 15.0 Å². The lowest BCUT2D eigenvalue weighted by Gasteiger charge is -2.25. The average molecular weight is 371 g/mol. The summed E-state index contributed by atoms with van der Waals surface area (Å²) in [4.78, 5) is 12.9. The maximum atomic E-state index is 11.0. The predicted octanol–water partition coefficient (Wildman–Crippen LogP) is 3.84. The Bertz CT molecular complexity index is 949. The van der Waals surface area contributed by atoms with Crippen molar-refractivity contribution in [1.82, 2.24) is 0 Å². The van der Waals surface area contributed by atoms with Crippen LogP contribution in [0.2, 0.25) is 0 Å². The smallest absolute Gasteiger partial charge is 0.371 e. The summed E-state index contributed by atoms with van der Waals surface area (Å²) in [5, 5.41) is 29.5. The van der Waals surface area contributed by atoms with E-state index in [-0.39, 0.29) is 17.3 Å². The Kier molecular flexibility index (Phi) is 5.40. The Labute approximate surface area is 156 Å². The molecule has 0 aliphatic carbocycles. The second kappa shape index (κ2) is 7.90. The minimum absolute atomic E-state index is 0.115. The van der Waals surface area contributed by atoms with Gasteiger partial charge in [-0.2, -0.15) is 0 Å². The number of hydrogen-bond donors (Lipinski definition) is 3. The fraction of sp³-hybridized carbons (Fsp3) is 0.250. The van der Waals surface area contributed by atoms with Gasteiger partial charge >= 0.3 is 5.97 Å². The normalized spacial score (nSPS) is 10.9. The molecule has 0 saturated heterocycles. The molecular formula is C20H21NO6. The molecule has 27 heavy (non-hydrogen) atoms. The number of carbonyl (C=O) groups is 1. The number of benzene rings is 2. The highest BCUT2D eigenvalue weighted by atomic mass is 16.5. The molecule has 7 heteroatoms. The van der Waals surface area contributed by atoms with Crippen molar-refractivity contribution < 1.29 is 29.3 Å². The van der Waals surface area contributed by atoms with Gasteiger partial charge in [0.1, 0.15) is 17.9 Å². The third-order valence-corrected chi connectivity index (χ3v) is 4.16. The highest BCUT2D eigenvalue weighted by molar-refractivity contribution is 5.91. The van der Waals surface area contributed by atoms with Crippen molar-refractivity contribution in [2.24, 2.45) is 0 Å². The zero-order chi connectivity index (χ0) is 19.4. The number of ether oxygens (including phenoxy) is 1. The van der Waals surface area contributed by atoms with Crippen LogP contribution >= 0.6 is 0 Å². The van der Waals surface area contributed by atoms with E-state index in [0.29, 0.717) is 42.1 Å². The maximum Gasteiger partial charge on any atom is 0.371 e. The molecule has 0 aliphatic heterocycles. The number of nitrogens with zero attached hydrogens (tertiary/aromatic N) is 1. The minimum atomic E-state index is -1.12. The maximum absolute atomic E-state index is 11.0. The molecule has 0 amide bonds. The van der Waals surface area contributed by atoms with Gasteiger partial charge in [-0.3, -0.25) is 0 Å². The van der Waals surface area contributed by atoms with E-state index in [4.69, 9.17) is 14.3 Å². The third kappa shape index (κ3) is 4.08. The molecule has 0 unspecified atom stereocenters. The van der Waals surface area contributed by atoms with Crippen LogP contribution < -0.4 is 9.64 Å². The number of aromatic carboxylic acids is 1. The van der Waals surface area contributed by atoms with Crippen molar-refractivity contribution in [2.45, 2.75) is 13.3 Å². The van der Waals surface area contributed by atoms with Crippen molar-refractivity contribution in [2.75, 3.05) is 24.6 Å². The number of carboxylic acid groups (broad SMARTS) is 1. The molecule has 0 fully saturated rings. The molecule has 0 atom stereocenters. The van der Waals surface area contributed by atoms with E-state index >= 15 is 0 Å². The molecule has 0 radical (unpaired) electrons. The van der Waals surface area contributed by atoms with Gasteiger partial charge in [0.2, 0.25) is 5.76 Å². The van der Waals surface area contributed by atoms with Gasteiger partial charge in [0.25, 0.3) is 0 Å². The third-order valence-electron chi connectivity index (χ3n) is 4.16. The first kappa shape index (κ1) is 18.4. The number of hydrogen-bond acceptors (Lipinski definition) is 6. The van der Waals surface area contributed by atoms with Crippen molar-refractivity contribution in [3.05, 3.63) is 48.2 Å². The molecule has 3 rings (SSSR count). The van der Waals surface area contributed by atoms with Crippen LogP contribution in [0.5, 0.6) is 17.2 Å². The van der Waals surface area contributed by atoms with Crippen LogP contribution in [0.4, 0.5) is 5.69 Å². The monoisotopic (exact) mass is 371 g/mol. The van der Waals surface area contributed by atoms with Crippen LogP contribution in [0.15, 0.2) is 46.9 Å². The van der Waals surface area contributed by atoms with Crippen molar-refractivity contribution in [3.8, 4) is 17.2 Å². The molecule has 142 valence electrons. The van der Waals surface area contributed by atoms with Crippen molar-refractivity contribution >= 4 is 22.6 Å². The zero-order valence-corrected chi connectivity index (χ0v) is 14.9. The number of phenolic OH excluding ortho intramolecular Hbond substituents is 2. The molecule has 0 bridgehead atoms. The number of anilines is 1. The molecular weight excluding hydrogens is 350 g/mol. The van der Waals surface area contributed by atoms with E-state index in [0.717, 1.165) is 6.42 Å². The molecule has 0 saturated carbocycles. The SMILES string of the molecule is CCCN(CCOc1ccc2cc(C(=O)O)oc2c1)c1cccc(O)c1O. The summed E-state index contributed by atoms with van der Waals surface area (Å²) in [6, 6.07) is 11.5. The number of rotatable bonds is 8. The number of fused-ring (bicyclic) bond motifs is 1. The summed E-state index contributed by atoms with van der Waals surface area (Å²) >= 11 is 0. The summed E-state index contributed by atoms with van der Waals surface area (Å²) in [5.41, 5.74) is 0.994. The van der Waals surface area contributed by atoms with Gasteiger partial charge in [0, 0.05) is 18.0 Å². The molecule has 1 heterocycles. The predicted molar refractivity (Wildman–Crippen MR) is 101 cm³/mol. The topological polar surface area (TPSA) is 103 Å². The van der Waals surface area contributed by atoms with Crippen molar-refractivity contribution in [1.29, 1.82) is 0 Å². The quantitative estimate of drug-likeness (QED) is 0.517. The summed E-state index contributed by atoms with van der Waals surface area (Å²) in [6.45, 7) is 3.56. The van der Waals surface area contributed by atoms with E-state index < -0.39 is 5.97 Å². The van der Waals surface area contributed by atoms with Gasteiger partial charge in [-0.1, -0.05) is 13.0 Å². The Balaban J connectivity index is 1.68. The standard InChI is InChI=1S/C20H21NO6/c1-2-8-21(15-4-3-5-16(22)19(15)23)9-10-26-14-7-6-13-11-18(20(24)25)27-17(13)12-14/h3-7,11-12,22-23H,2,8-10H2,1H3,(H,24,25). The lowest BCUT2D eigenvalue weighted by Crippen LogP contribution is -2.29. The highest BCUT2D eigenvalue weighted by Gasteiger charge is 2.14. The molecule has 2 aromatic carbocycles. The summed E-state index contributed by atoms with van der Waals surface area (Å²) in [7, 11) is 0. The van der Waals surface area contributed by atoms with Crippen LogP contribution in [0.25, 0.3) is 11.0 Å². The van der Waals surface area contributed by atoms with Crippen LogP contribution in [0, 0.1) is 0 Å². The Morgan fingerprint density at radius 1 is 1.15 bits per heavy atom. The molecule has 1 aromatic heterocycles. The van der Waals surface area contributed by atoms with Gasteiger partial charge < -0.3 is 29.4 Å². The van der Waals surface area contributed by atoms with Crippen LogP contribution in [-0.4, -0.2) is 41.0 Å². The highest BCUT2D eigenvalue weighted by Crippen LogP contribution is 2.35. The van der Waals surface area contributed by atoms with Crippen LogP contribution in [0.1, 0.15) is 23.9 Å². The average Bonchev–Trinajstić information content (AvgIpc) is 3.07. The van der Waals surface area contributed by atoms with Crippen molar-refractivity contribution in [3.63, 3.8) is 0 Å². The molecule has 0 aliphatic rings.